The van der Waals surface area contributed by atoms with Crippen molar-refractivity contribution in [2.45, 2.75) is 38.1 Å². The van der Waals surface area contributed by atoms with E-state index in [0.29, 0.717) is 41.3 Å². The third kappa shape index (κ3) is 4.56. The number of hydrogen-bond acceptors (Lipinski definition) is 6. The van der Waals surface area contributed by atoms with Gasteiger partial charge in [0.2, 0.25) is 0 Å². The van der Waals surface area contributed by atoms with E-state index >= 15 is 0 Å². The normalized spacial score (nSPS) is 25.5. The second-order valence-electron chi connectivity index (χ2n) is 10.4. The molecule has 7 heteroatoms. The Balaban J connectivity index is 1.18. The minimum atomic E-state index is -0.249. The van der Waals surface area contributed by atoms with E-state index in [1.807, 2.05) is 54.6 Å². The Labute approximate surface area is 222 Å². The maximum atomic E-state index is 12.9. The molecule has 1 fully saturated rings. The number of aliphatic hydroxyl groups is 2. The van der Waals surface area contributed by atoms with Gasteiger partial charge in [0.05, 0.1) is 12.2 Å². The van der Waals surface area contributed by atoms with Crippen LogP contribution in [0.3, 0.4) is 0 Å². The number of hydrogen-bond donors (Lipinski definition) is 2. The van der Waals surface area contributed by atoms with Crippen molar-refractivity contribution in [1.29, 1.82) is 0 Å². The first kappa shape index (κ1) is 24.6. The SMILES string of the molecule is C[C@@H](COc1ccc([C@H]2C=CC3=C4C(O)=COC5=C(C=CCC5)C4=C(O)OC3=C2)cc1)N1CC[C@@H](CF)C1. The molecule has 0 bridgehead atoms. The number of halogens is 1. The molecule has 5 aliphatic rings. The summed E-state index contributed by atoms with van der Waals surface area (Å²) in [5.41, 5.74) is 3.42. The predicted molar refractivity (Wildman–Crippen MR) is 142 cm³/mol. The molecule has 2 aliphatic carbocycles. The summed E-state index contributed by atoms with van der Waals surface area (Å²) in [6.07, 6.45) is 13.6. The molecule has 6 nitrogen and oxygen atoms in total. The van der Waals surface area contributed by atoms with Crippen molar-refractivity contribution in [2.24, 2.45) is 5.92 Å². The third-order valence-electron chi connectivity index (χ3n) is 7.88. The zero-order valence-corrected chi connectivity index (χ0v) is 21.4. The molecule has 38 heavy (non-hydrogen) atoms. The number of rotatable bonds is 6. The molecule has 3 aliphatic heterocycles. The van der Waals surface area contributed by atoms with Crippen LogP contribution < -0.4 is 4.74 Å². The van der Waals surface area contributed by atoms with Gasteiger partial charge in [-0.2, -0.15) is 0 Å². The molecule has 198 valence electrons. The van der Waals surface area contributed by atoms with Crippen LogP contribution in [-0.2, 0) is 9.47 Å². The highest BCUT2D eigenvalue weighted by Crippen LogP contribution is 2.45. The van der Waals surface area contributed by atoms with Crippen LogP contribution in [-0.4, -0.2) is 47.5 Å². The van der Waals surface area contributed by atoms with Gasteiger partial charge < -0.3 is 24.4 Å². The first-order valence-electron chi connectivity index (χ1n) is 13.3. The van der Waals surface area contributed by atoms with Crippen LogP contribution in [0.2, 0.25) is 0 Å². The van der Waals surface area contributed by atoms with Crippen LogP contribution in [0.15, 0.2) is 106 Å². The second kappa shape index (κ2) is 10.2. The molecule has 0 spiro atoms. The lowest BCUT2D eigenvalue weighted by Crippen LogP contribution is -2.35. The monoisotopic (exact) mass is 517 g/mol. The second-order valence-corrected chi connectivity index (χ2v) is 10.4. The largest absolute Gasteiger partial charge is 0.504 e. The Morgan fingerprint density at radius 2 is 1.97 bits per heavy atom. The first-order chi connectivity index (χ1) is 18.5. The van der Waals surface area contributed by atoms with E-state index in [2.05, 4.69) is 11.8 Å². The molecule has 2 N–H and O–H groups in total. The average molecular weight is 518 g/mol. The fourth-order valence-electron chi connectivity index (χ4n) is 5.68. The lowest BCUT2D eigenvalue weighted by atomic mass is 9.84. The van der Waals surface area contributed by atoms with Gasteiger partial charge in [0.15, 0.2) is 5.76 Å². The zero-order chi connectivity index (χ0) is 26.2. The lowest BCUT2D eigenvalue weighted by Gasteiger charge is -2.27. The van der Waals surface area contributed by atoms with Crippen molar-refractivity contribution in [3.63, 3.8) is 0 Å². The van der Waals surface area contributed by atoms with E-state index in [1.54, 1.807) is 0 Å². The molecular weight excluding hydrogens is 485 g/mol. The van der Waals surface area contributed by atoms with E-state index in [1.165, 1.54) is 6.26 Å². The number of ether oxygens (including phenoxy) is 3. The number of aliphatic hydroxyl groups excluding tert-OH is 2. The summed E-state index contributed by atoms with van der Waals surface area (Å²) in [7, 11) is 0. The van der Waals surface area contributed by atoms with Crippen molar-refractivity contribution in [2.75, 3.05) is 26.4 Å². The third-order valence-corrected chi connectivity index (χ3v) is 7.88. The Hall–Kier alpha value is -3.71. The summed E-state index contributed by atoms with van der Waals surface area (Å²) in [6, 6.07) is 8.17. The van der Waals surface area contributed by atoms with E-state index in [-0.39, 0.29) is 36.3 Å². The minimum absolute atomic E-state index is 0.0495. The minimum Gasteiger partial charge on any atom is -0.504 e. The van der Waals surface area contributed by atoms with Crippen molar-refractivity contribution >= 4 is 0 Å². The van der Waals surface area contributed by atoms with Crippen LogP contribution in [0.4, 0.5) is 4.39 Å². The topological polar surface area (TPSA) is 71.4 Å². The quantitative estimate of drug-likeness (QED) is 0.454. The molecule has 0 radical (unpaired) electrons. The first-order valence-corrected chi connectivity index (χ1v) is 13.3. The Kier molecular flexibility index (Phi) is 6.62. The van der Waals surface area contributed by atoms with Gasteiger partial charge in [-0.05, 0) is 50.1 Å². The maximum absolute atomic E-state index is 12.9. The molecule has 3 heterocycles. The highest BCUT2D eigenvalue weighted by Gasteiger charge is 2.35. The average Bonchev–Trinajstić information content (AvgIpc) is 3.38. The smallest absolute Gasteiger partial charge is 0.291 e. The molecule has 3 atom stereocenters. The number of allylic oxidation sites excluding steroid dienone is 8. The number of nitrogens with zero attached hydrogens (tertiary/aromatic N) is 1. The van der Waals surface area contributed by atoms with Gasteiger partial charge >= 0.3 is 0 Å². The van der Waals surface area contributed by atoms with Crippen molar-refractivity contribution in [3.05, 3.63) is 112 Å². The van der Waals surface area contributed by atoms with E-state index in [4.69, 9.17) is 14.2 Å². The highest BCUT2D eigenvalue weighted by molar-refractivity contribution is 5.68. The van der Waals surface area contributed by atoms with Gasteiger partial charge in [0, 0.05) is 47.6 Å². The van der Waals surface area contributed by atoms with Crippen molar-refractivity contribution in [3.8, 4) is 5.75 Å². The van der Waals surface area contributed by atoms with E-state index in [9.17, 15) is 14.6 Å². The highest BCUT2D eigenvalue weighted by atomic mass is 19.1. The molecule has 1 aromatic rings. The fraction of sp³-hybridized carbons (Fsp3) is 0.355. The Bertz CT molecular complexity index is 1330. The van der Waals surface area contributed by atoms with Crippen LogP contribution in [0.25, 0.3) is 0 Å². The Morgan fingerprint density at radius 3 is 2.76 bits per heavy atom. The molecule has 1 aromatic carbocycles. The Morgan fingerprint density at radius 1 is 1.13 bits per heavy atom. The van der Waals surface area contributed by atoms with E-state index < -0.39 is 0 Å². The summed E-state index contributed by atoms with van der Waals surface area (Å²) >= 11 is 0. The van der Waals surface area contributed by atoms with Crippen molar-refractivity contribution in [1.82, 2.24) is 4.90 Å². The molecule has 0 amide bonds. The van der Waals surface area contributed by atoms with Crippen LogP contribution in [0.1, 0.15) is 37.7 Å². The van der Waals surface area contributed by atoms with Crippen molar-refractivity contribution < 1.29 is 28.8 Å². The molecular formula is C31H32FNO5. The van der Waals surface area contributed by atoms with Gasteiger partial charge in [-0.25, -0.2) is 0 Å². The maximum Gasteiger partial charge on any atom is 0.291 e. The predicted octanol–water partition coefficient (Wildman–Crippen LogP) is 6.41. The van der Waals surface area contributed by atoms with Gasteiger partial charge in [-0.1, -0.05) is 36.4 Å². The summed E-state index contributed by atoms with van der Waals surface area (Å²) in [6.45, 7) is 4.14. The molecule has 0 unspecified atom stereocenters. The summed E-state index contributed by atoms with van der Waals surface area (Å²) in [5, 5.41) is 21.7. The number of fused-ring (bicyclic) bond motifs is 3. The van der Waals surface area contributed by atoms with Gasteiger partial charge in [-0.15, -0.1) is 0 Å². The standard InChI is InChI=1S/C31H32FNO5/c1-19(33-13-12-20(15-32)16-33)17-36-23-9-6-21(7-10-23)22-8-11-25-28(14-22)38-31(35)30-24-4-2-3-5-27(24)37-18-26(34)29(25)30/h2,4,6-11,14,18-20,22,34-35H,3,5,12-13,15-17H2,1H3/t19-,20-,22-/m0/s1. The zero-order valence-electron chi connectivity index (χ0n) is 21.4. The van der Waals surface area contributed by atoms with E-state index in [0.717, 1.165) is 42.8 Å². The molecule has 1 saturated heterocycles. The van der Waals surface area contributed by atoms with Crippen LogP contribution in [0, 0.1) is 5.92 Å². The molecule has 6 rings (SSSR count). The van der Waals surface area contributed by atoms with Gasteiger partial charge in [-0.3, -0.25) is 9.29 Å². The number of likely N-dealkylation sites (tertiary alicyclic amines) is 1. The lowest BCUT2D eigenvalue weighted by molar-refractivity contribution is 0.142. The van der Waals surface area contributed by atoms with Crippen LogP contribution in [0.5, 0.6) is 5.75 Å². The van der Waals surface area contributed by atoms with Gasteiger partial charge in [0.1, 0.15) is 30.1 Å². The number of alkyl halides is 1. The molecule has 0 saturated carbocycles. The number of benzene rings is 1. The van der Waals surface area contributed by atoms with Crippen LogP contribution >= 0.6 is 0 Å². The summed E-state index contributed by atoms with van der Waals surface area (Å²) in [4.78, 5) is 2.29. The van der Waals surface area contributed by atoms with Gasteiger partial charge in [0.25, 0.3) is 5.95 Å². The fourth-order valence-corrected chi connectivity index (χ4v) is 5.68. The summed E-state index contributed by atoms with van der Waals surface area (Å²) < 4.78 is 30.6. The molecule has 0 aromatic heterocycles. The summed E-state index contributed by atoms with van der Waals surface area (Å²) in [5.74, 6) is 1.76.